The van der Waals surface area contributed by atoms with Gasteiger partial charge >= 0.3 is 0 Å². The van der Waals surface area contributed by atoms with Crippen molar-refractivity contribution in [2.24, 2.45) is 0 Å². The molecule has 32 heavy (non-hydrogen) atoms. The number of fused-ring (bicyclic) bond motifs is 1. The molecule has 2 aromatic carbocycles. The van der Waals surface area contributed by atoms with Gasteiger partial charge in [0.25, 0.3) is 5.56 Å². The van der Waals surface area contributed by atoms with Crippen molar-refractivity contribution in [2.45, 2.75) is 33.7 Å². The van der Waals surface area contributed by atoms with Crippen LogP contribution in [0.1, 0.15) is 29.5 Å². The van der Waals surface area contributed by atoms with E-state index in [1.54, 1.807) is 4.68 Å². The average Bonchev–Trinajstić information content (AvgIpc) is 3.45. The molecule has 0 radical (unpaired) electrons. The predicted molar refractivity (Wildman–Crippen MR) is 119 cm³/mol. The Bertz CT molecular complexity index is 1480. The van der Waals surface area contributed by atoms with Gasteiger partial charge in [-0.15, -0.1) is 5.10 Å². The third kappa shape index (κ3) is 3.47. The van der Waals surface area contributed by atoms with Crippen LogP contribution in [-0.4, -0.2) is 34.7 Å². The Morgan fingerprint density at radius 3 is 2.59 bits per heavy atom. The van der Waals surface area contributed by atoms with Gasteiger partial charge in [-0.05, 0) is 49.1 Å². The largest absolute Gasteiger partial charge is 0.337 e. The van der Waals surface area contributed by atoms with E-state index in [2.05, 4.69) is 32.4 Å². The maximum absolute atomic E-state index is 13.0. The minimum absolute atomic E-state index is 0.0956. The van der Waals surface area contributed by atoms with Crippen LogP contribution in [0, 0.1) is 13.8 Å². The second-order valence-electron chi connectivity index (χ2n) is 7.68. The first-order valence-corrected chi connectivity index (χ1v) is 10.3. The number of hydrogen-bond acceptors (Lipinski definition) is 7. The second-order valence-corrected chi connectivity index (χ2v) is 7.68. The molecule has 0 fully saturated rings. The molecule has 3 heterocycles. The van der Waals surface area contributed by atoms with Gasteiger partial charge in [-0.25, -0.2) is 4.98 Å². The molecule has 0 atom stereocenters. The van der Waals surface area contributed by atoms with Crippen LogP contribution in [0.3, 0.4) is 0 Å². The molecule has 0 spiro atoms. The summed E-state index contributed by atoms with van der Waals surface area (Å²) in [6.07, 6.45) is 2.41. The average molecular weight is 427 g/mol. The first-order valence-electron chi connectivity index (χ1n) is 10.3. The fourth-order valence-electron chi connectivity index (χ4n) is 3.46. The smallest absolute Gasteiger partial charge is 0.284 e. The zero-order valence-electron chi connectivity index (χ0n) is 18.0. The fraction of sp³-hybridized carbons (Fsp3) is 0.217. The van der Waals surface area contributed by atoms with E-state index in [1.165, 1.54) is 22.0 Å². The van der Waals surface area contributed by atoms with E-state index in [9.17, 15) is 4.79 Å². The normalized spacial score (nSPS) is 11.3. The predicted octanol–water partition coefficient (Wildman–Crippen LogP) is 3.25. The second kappa shape index (κ2) is 7.84. The third-order valence-corrected chi connectivity index (χ3v) is 5.56. The summed E-state index contributed by atoms with van der Waals surface area (Å²) in [4.78, 5) is 21.8. The Balaban J connectivity index is 1.44. The van der Waals surface area contributed by atoms with E-state index in [0.29, 0.717) is 17.4 Å². The van der Waals surface area contributed by atoms with Gasteiger partial charge in [-0.2, -0.15) is 9.67 Å². The molecular formula is C23H21N7O2. The molecule has 3 aromatic heterocycles. The third-order valence-electron chi connectivity index (χ3n) is 5.56. The van der Waals surface area contributed by atoms with Crippen LogP contribution < -0.4 is 5.56 Å². The van der Waals surface area contributed by atoms with E-state index in [0.717, 1.165) is 23.2 Å². The summed E-state index contributed by atoms with van der Waals surface area (Å²) in [6, 6.07) is 13.9. The molecule has 0 aliphatic carbocycles. The minimum Gasteiger partial charge on any atom is -0.337 e. The van der Waals surface area contributed by atoms with Gasteiger partial charge in [0.15, 0.2) is 11.2 Å². The zero-order chi connectivity index (χ0) is 22.2. The van der Waals surface area contributed by atoms with Crippen LogP contribution in [-0.2, 0) is 13.0 Å². The van der Waals surface area contributed by atoms with Gasteiger partial charge in [0.2, 0.25) is 11.7 Å². The Kier molecular flexibility index (Phi) is 4.85. The van der Waals surface area contributed by atoms with E-state index >= 15 is 0 Å². The lowest BCUT2D eigenvalue weighted by molar-refractivity contribution is 0.369. The summed E-state index contributed by atoms with van der Waals surface area (Å²) in [5.74, 6) is 0.787. The number of aromatic nitrogens is 7. The van der Waals surface area contributed by atoms with Crippen LogP contribution in [0.4, 0.5) is 0 Å². The molecule has 0 aliphatic rings. The van der Waals surface area contributed by atoms with Crippen molar-refractivity contribution in [1.29, 1.82) is 0 Å². The molecule has 0 saturated carbocycles. The van der Waals surface area contributed by atoms with Crippen molar-refractivity contribution in [3.8, 4) is 17.1 Å². The van der Waals surface area contributed by atoms with E-state index in [4.69, 9.17) is 4.52 Å². The molecule has 0 unspecified atom stereocenters. The van der Waals surface area contributed by atoms with Crippen LogP contribution in [0.2, 0.25) is 0 Å². The molecule has 0 aliphatic heterocycles. The standard InChI is InChI=1S/C23H21N7O2/c1-4-16-6-8-17(9-7-16)21-25-19(32-27-21)12-29-13-24-22-20(23(29)31)26-28-30(22)18-10-5-14(2)15(3)11-18/h5-11,13H,4,12H2,1-3H3. The first kappa shape index (κ1) is 19.8. The highest BCUT2D eigenvalue weighted by molar-refractivity contribution is 5.70. The van der Waals surface area contributed by atoms with E-state index < -0.39 is 0 Å². The molecule has 0 saturated heterocycles. The van der Waals surface area contributed by atoms with Gasteiger partial charge in [0, 0.05) is 5.56 Å². The van der Waals surface area contributed by atoms with Crippen molar-refractivity contribution in [1.82, 2.24) is 34.7 Å². The topological polar surface area (TPSA) is 105 Å². The molecule has 0 bridgehead atoms. The number of rotatable bonds is 5. The van der Waals surface area contributed by atoms with E-state index in [1.807, 2.05) is 56.3 Å². The molecule has 9 nitrogen and oxygen atoms in total. The van der Waals surface area contributed by atoms with Gasteiger partial charge in [0.1, 0.15) is 12.9 Å². The van der Waals surface area contributed by atoms with Crippen molar-refractivity contribution < 1.29 is 4.52 Å². The summed E-state index contributed by atoms with van der Waals surface area (Å²) >= 11 is 0. The van der Waals surface area contributed by atoms with Crippen LogP contribution in [0.15, 0.2) is 58.1 Å². The molecule has 0 amide bonds. The monoisotopic (exact) mass is 427 g/mol. The van der Waals surface area contributed by atoms with Gasteiger partial charge in [-0.3, -0.25) is 9.36 Å². The van der Waals surface area contributed by atoms with Gasteiger partial charge in [0.05, 0.1) is 5.69 Å². The first-order chi connectivity index (χ1) is 15.5. The molecule has 9 heteroatoms. The molecule has 0 N–H and O–H groups in total. The highest BCUT2D eigenvalue weighted by Crippen LogP contribution is 2.18. The Morgan fingerprint density at radius 2 is 1.84 bits per heavy atom. The van der Waals surface area contributed by atoms with Crippen LogP contribution >= 0.6 is 0 Å². The SMILES string of the molecule is CCc1ccc(-c2noc(Cn3cnc4c(nnn4-c4ccc(C)c(C)c4)c3=O)n2)cc1. The van der Waals surface area contributed by atoms with Crippen molar-refractivity contribution in [3.63, 3.8) is 0 Å². The number of aryl methyl sites for hydroxylation is 3. The van der Waals surface area contributed by atoms with Gasteiger partial charge in [-0.1, -0.05) is 47.6 Å². The fourth-order valence-corrected chi connectivity index (χ4v) is 3.46. The Labute approximate surface area is 183 Å². The quantitative estimate of drug-likeness (QED) is 0.424. The molecule has 160 valence electrons. The van der Waals surface area contributed by atoms with Crippen molar-refractivity contribution in [2.75, 3.05) is 0 Å². The minimum atomic E-state index is -0.322. The van der Waals surface area contributed by atoms with Crippen LogP contribution in [0.25, 0.3) is 28.2 Å². The van der Waals surface area contributed by atoms with Crippen molar-refractivity contribution in [3.05, 3.63) is 81.7 Å². The summed E-state index contributed by atoms with van der Waals surface area (Å²) < 4.78 is 8.31. The number of benzene rings is 2. The summed E-state index contributed by atoms with van der Waals surface area (Å²) in [7, 11) is 0. The summed E-state index contributed by atoms with van der Waals surface area (Å²) in [6.45, 7) is 6.26. The maximum Gasteiger partial charge on any atom is 0.284 e. The lowest BCUT2D eigenvalue weighted by Gasteiger charge is -2.05. The Hall–Kier alpha value is -4.14. The van der Waals surface area contributed by atoms with Crippen molar-refractivity contribution >= 4 is 11.2 Å². The summed E-state index contributed by atoms with van der Waals surface area (Å²) in [5.41, 5.74) is 5.45. The lowest BCUT2D eigenvalue weighted by Crippen LogP contribution is -2.21. The van der Waals surface area contributed by atoms with Crippen LogP contribution in [0.5, 0.6) is 0 Å². The maximum atomic E-state index is 13.0. The summed E-state index contributed by atoms with van der Waals surface area (Å²) in [5, 5.41) is 12.2. The molecular weight excluding hydrogens is 406 g/mol. The molecule has 5 rings (SSSR count). The number of hydrogen-bond donors (Lipinski definition) is 0. The van der Waals surface area contributed by atoms with Gasteiger partial charge < -0.3 is 4.52 Å². The zero-order valence-corrected chi connectivity index (χ0v) is 18.0. The highest BCUT2D eigenvalue weighted by atomic mass is 16.5. The molecule has 5 aromatic rings. The lowest BCUT2D eigenvalue weighted by atomic mass is 10.1. The number of nitrogens with zero attached hydrogens (tertiary/aromatic N) is 7. The Morgan fingerprint density at radius 1 is 1.03 bits per heavy atom. The van der Waals surface area contributed by atoms with E-state index in [-0.39, 0.29) is 17.6 Å². The highest BCUT2D eigenvalue weighted by Gasteiger charge is 2.16.